The fourth-order valence-electron chi connectivity index (χ4n) is 2.01. The number of sulfonamides is 1. The Morgan fingerprint density at radius 2 is 2.00 bits per heavy atom. The summed E-state index contributed by atoms with van der Waals surface area (Å²) in [6.45, 7) is 5.88. The number of aryl methyl sites for hydroxylation is 1. The second-order valence-corrected chi connectivity index (χ2v) is 10.5. The van der Waals surface area contributed by atoms with E-state index in [1.54, 1.807) is 36.9 Å². The summed E-state index contributed by atoms with van der Waals surface area (Å²) in [7, 11) is -1.87. The minimum atomic E-state index is -3.35. The minimum Gasteiger partial charge on any atom is -0.296 e. The summed E-state index contributed by atoms with van der Waals surface area (Å²) in [6, 6.07) is 4.85. The molecule has 0 aliphatic carbocycles. The molecule has 0 saturated carbocycles. The van der Waals surface area contributed by atoms with Crippen LogP contribution in [0.4, 0.5) is 10.8 Å². The van der Waals surface area contributed by atoms with Crippen LogP contribution < -0.4 is 9.62 Å². The van der Waals surface area contributed by atoms with Crippen LogP contribution in [0, 0.1) is 6.92 Å². The normalized spacial score (nSPS) is 11.6. The summed E-state index contributed by atoms with van der Waals surface area (Å²) in [6.07, 6.45) is 1.13. The predicted molar refractivity (Wildman–Crippen MR) is 103 cm³/mol. The Bertz CT molecular complexity index is 878. The van der Waals surface area contributed by atoms with E-state index in [4.69, 9.17) is 0 Å². The fourth-order valence-corrected chi connectivity index (χ4v) is 4.54. The molecule has 0 fully saturated rings. The summed E-state index contributed by atoms with van der Waals surface area (Å²) in [5.41, 5.74) is 1.65. The van der Waals surface area contributed by atoms with Crippen LogP contribution in [-0.4, -0.2) is 43.1 Å². The molecule has 0 bridgehead atoms. The van der Waals surface area contributed by atoms with Crippen molar-refractivity contribution in [3.05, 3.63) is 29.3 Å². The van der Waals surface area contributed by atoms with Gasteiger partial charge in [-0.1, -0.05) is 36.9 Å². The number of rotatable bonds is 6. The maximum atomic E-state index is 12.4. The number of hydrogen-bond donors (Lipinski definition) is 1. The second-order valence-electron chi connectivity index (χ2n) is 5.73. The van der Waals surface area contributed by atoms with Gasteiger partial charge in [-0.25, -0.2) is 8.42 Å². The van der Waals surface area contributed by atoms with Crippen molar-refractivity contribution in [3.63, 3.8) is 0 Å². The zero-order valence-corrected chi connectivity index (χ0v) is 17.1. The summed E-state index contributed by atoms with van der Waals surface area (Å²) in [5, 5.41) is 11.5. The van der Waals surface area contributed by atoms with Gasteiger partial charge in [-0.2, -0.15) is 0 Å². The zero-order chi connectivity index (χ0) is 18.8. The largest absolute Gasteiger partial charge is 0.296 e. The Balaban J connectivity index is 2.15. The van der Waals surface area contributed by atoms with Gasteiger partial charge in [0, 0.05) is 17.9 Å². The molecule has 1 aromatic carbocycles. The number of carbonyl (C=O) groups excluding carboxylic acids is 1. The van der Waals surface area contributed by atoms with E-state index in [1.165, 1.54) is 22.7 Å². The van der Waals surface area contributed by atoms with E-state index < -0.39 is 10.0 Å². The Morgan fingerprint density at radius 3 is 2.56 bits per heavy atom. The molecule has 0 aliphatic rings. The standard InChI is InChI=1S/C15H20N4O3S3/c1-9(2)23-15-18-17-14(24-15)16-13(20)11-6-7-12(10(3)8-11)19(4)25(5,21)22/h6-9H,1-5H3,(H,16,17,20). The number of amides is 1. The molecule has 0 saturated heterocycles. The Labute approximate surface area is 155 Å². The van der Waals surface area contributed by atoms with Gasteiger partial charge in [0.05, 0.1) is 11.9 Å². The first kappa shape index (κ1) is 19.7. The average molecular weight is 401 g/mol. The molecule has 0 radical (unpaired) electrons. The SMILES string of the molecule is Cc1cc(C(=O)Nc2nnc(SC(C)C)s2)ccc1N(C)S(C)(=O)=O. The van der Waals surface area contributed by atoms with Crippen molar-refractivity contribution in [3.8, 4) is 0 Å². The van der Waals surface area contributed by atoms with Gasteiger partial charge in [-0.15, -0.1) is 10.2 Å². The van der Waals surface area contributed by atoms with Gasteiger partial charge in [-0.05, 0) is 30.7 Å². The lowest BCUT2D eigenvalue weighted by Gasteiger charge is -2.19. The molecule has 1 amide bonds. The molecular formula is C15H20N4O3S3. The van der Waals surface area contributed by atoms with E-state index >= 15 is 0 Å². The third kappa shape index (κ3) is 5.16. The summed E-state index contributed by atoms with van der Waals surface area (Å²) in [4.78, 5) is 12.4. The molecule has 25 heavy (non-hydrogen) atoms. The highest BCUT2D eigenvalue weighted by Crippen LogP contribution is 2.29. The number of carbonyl (C=O) groups is 1. The third-order valence-electron chi connectivity index (χ3n) is 3.26. The Kier molecular flexibility index (Phi) is 6.07. The lowest BCUT2D eigenvalue weighted by atomic mass is 10.1. The van der Waals surface area contributed by atoms with Crippen molar-refractivity contribution < 1.29 is 13.2 Å². The number of anilines is 2. The molecule has 0 aliphatic heterocycles. The van der Waals surface area contributed by atoms with Crippen LogP contribution in [0.5, 0.6) is 0 Å². The summed E-state index contributed by atoms with van der Waals surface area (Å²) in [5.74, 6) is -0.311. The van der Waals surface area contributed by atoms with Crippen molar-refractivity contribution in [1.82, 2.24) is 10.2 Å². The van der Waals surface area contributed by atoms with Crippen molar-refractivity contribution in [2.24, 2.45) is 0 Å². The first-order valence-electron chi connectivity index (χ1n) is 7.44. The van der Waals surface area contributed by atoms with Crippen LogP contribution in [0.1, 0.15) is 29.8 Å². The van der Waals surface area contributed by atoms with Crippen LogP contribution in [-0.2, 0) is 10.0 Å². The highest BCUT2D eigenvalue weighted by molar-refractivity contribution is 8.01. The summed E-state index contributed by atoms with van der Waals surface area (Å²) < 4.78 is 25.3. The van der Waals surface area contributed by atoms with Gasteiger partial charge in [0.25, 0.3) is 5.91 Å². The van der Waals surface area contributed by atoms with Crippen molar-refractivity contribution in [2.45, 2.75) is 30.4 Å². The van der Waals surface area contributed by atoms with E-state index in [0.29, 0.717) is 27.2 Å². The highest BCUT2D eigenvalue weighted by atomic mass is 32.2. The fraction of sp³-hybridized carbons (Fsp3) is 0.400. The van der Waals surface area contributed by atoms with E-state index in [2.05, 4.69) is 29.4 Å². The maximum Gasteiger partial charge on any atom is 0.257 e. The Morgan fingerprint density at radius 1 is 1.32 bits per heavy atom. The molecule has 7 nitrogen and oxygen atoms in total. The van der Waals surface area contributed by atoms with E-state index in [-0.39, 0.29) is 5.91 Å². The van der Waals surface area contributed by atoms with Gasteiger partial charge < -0.3 is 0 Å². The third-order valence-corrected chi connectivity index (χ3v) is 6.38. The maximum absolute atomic E-state index is 12.4. The number of hydrogen-bond acceptors (Lipinski definition) is 7. The molecule has 136 valence electrons. The summed E-state index contributed by atoms with van der Waals surface area (Å²) >= 11 is 2.90. The van der Waals surface area contributed by atoms with E-state index in [1.807, 2.05) is 0 Å². The first-order valence-corrected chi connectivity index (χ1v) is 11.0. The Hall–Kier alpha value is -1.65. The quantitative estimate of drug-likeness (QED) is 0.592. The molecule has 2 aromatic rings. The van der Waals surface area contributed by atoms with Crippen LogP contribution >= 0.6 is 23.1 Å². The minimum absolute atomic E-state index is 0.311. The molecule has 10 heteroatoms. The molecular weight excluding hydrogens is 380 g/mol. The second kappa shape index (κ2) is 7.71. The molecule has 0 spiro atoms. The first-order chi connectivity index (χ1) is 11.6. The molecule has 2 rings (SSSR count). The highest BCUT2D eigenvalue weighted by Gasteiger charge is 2.17. The van der Waals surface area contributed by atoms with E-state index in [0.717, 1.165) is 10.6 Å². The number of nitrogens with zero attached hydrogens (tertiary/aromatic N) is 3. The average Bonchev–Trinajstić information content (AvgIpc) is 2.91. The molecule has 1 heterocycles. The lowest BCUT2D eigenvalue weighted by Crippen LogP contribution is -2.25. The smallest absolute Gasteiger partial charge is 0.257 e. The lowest BCUT2D eigenvalue weighted by molar-refractivity contribution is 0.102. The molecule has 1 N–H and O–H groups in total. The van der Waals surface area contributed by atoms with Gasteiger partial charge in [0.15, 0.2) is 4.34 Å². The zero-order valence-electron chi connectivity index (χ0n) is 14.6. The van der Waals surface area contributed by atoms with Crippen LogP contribution in [0.15, 0.2) is 22.5 Å². The van der Waals surface area contributed by atoms with Crippen molar-refractivity contribution in [2.75, 3.05) is 22.9 Å². The predicted octanol–water partition coefficient (Wildman–Crippen LogP) is 3.00. The van der Waals surface area contributed by atoms with Gasteiger partial charge in [0.2, 0.25) is 15.2 Å². The van der Waals surface area contributed by atoms with Gasteiger partial charge in [0.1, 0.15) is 0 Å². The number of nitrogens with one attached hydrogen (secondary N) is 1. The van der Waals surface area contributed by atoms with Gasteiger partial charge in [-0.3, -0.25) is 14.4 Å². The van der Waals surface area contributed by atoms with Crippen LogP contribution in [0.3, 0.4) is 0 Å². The number of thioether (sulfide) groups is 1. The van der Waals surface area contributed by atoms with Gasteiger partial charge >= 0.3 is 0 Å². The number of aromatic nitrogens is 2. The molecule has 0 atom stereocenters. The number of benzene rings is 1. The monoisotopic (exact) mass is 400 g/mol. The molecule has 0 unspecified atom stereocenters. The van der Waals surface area contributed by atoms with Crippen LogP contribution in [0.25, 0.3) is 0 Å². The topological polar surface area (TPSA) is 92.3 Å². The van der Waals surface area contributed by atoms with E-state index in [9.17, 15) is 13.2 Å². The van der Waals surface area contributed by atoms with Crippen molar-refractivity contribution in [1.29, 1.82) is 0 Å². The van der Waals surface area contributed by atoms with Crippen LogP contribution in [0.2, 0.25) is 0 Å². The molecule has 1 aromatic heterocycles. The van der Waals surface area contributed by atoms with Crippen molar-refractivity contribution >= 4 is 49.8 Å².